The van der Waals surface area contributed by atoms with E-state index in [9.17, 15) is 33.8 Å². The number of carbonyl (C=O) groups excluding carboxylic acids is 2. The molecule has 62 heavy (non-hydrogen) atoms. The summed E-state index contributed by atoms with van der Waals surface area (Å²) in [6, 6.07) is -1.15. The number of carboxylic acids is 1. The summed E-state index contributed by atoms with van der Waals surface area (Å²) in [5, 5.41) is 19.3. The number of aliphatic hydroxyl groups is 1. The molecule has 0 aliphatic carbocycles. The maximum Gasteiger partial charge on any atom is 0.469 e. The number of ether oxygens (including phenoxy) is 2. The van der Waals surface area contributed by atoms with Crippen molar-refractivity contribution >= 4 is 37.5 Å². The van der Waals surface area contributed by atoms with Gasteiger partial charge in [0.1, 0.15) is 12.6 Å². The second-order valence-corrected chi connectivity index (χ2v) is 16.9. The predicted molar refractivity (Wildman–Crippen MR) is 253 cm³/mol. The second-order valence-electron chi connectivity index (χ2n) is 14.5. The number of unbranched alkanes of at least 4 members (excludes halogenated alkanes) is 6. The highest BCUT2D eigenvalue weighted by Gasteiger charge is 2.26. The minimum atomic E-state index is -4.91. The molecule has 350 valence electrons. The van der Waals surface area contributed by atoms with Gasteiger partial charge in [-0.15, -0.1) is 11.8 Å². The third-order valence-corrected chi connectivity index (χ3v) is 10.7. The average Bonchev–Trinajstić information content (AvgIpc) is 3.23. The summed E-state index contributed by atoms with van der Waals surface area (Å²) in [5.74, 6) is -2.41. The zero-order valence-corrected chi connectivity index (χ0v) is 38.8. The molecule has 0 rings (SSSR count). The number of phosphoric acid groups is 1. The first kappa shape index (κ1) is 58.5. The van der Waals surface area contributed by atoms with Gasteiger partial charge in [0.15, 0.2) is 6.10 Å². The Morgan fingerprint density at radius 3 is 1.82 bits per heavy atom. The Kier molecular flexibility index (Phi) is 39.1. The number of carbonyl (C=O) groups is 3. The largest absolute Gasteiger partial charge is 0.481 e. The van der Waals surface area contributed by atoms with E-state index in [-0.39, 0.29) is 31.4 Å². The average molecular weight is 906 g/mol. The van der Waals surface area contributed by atoms with E-state index in [1.54, 1.807) is 12.2 Å². The van der Waals surface area contributed by atoms with Crippen LogP contribution in [0.3, 0.4) is 0 Å². The van der Waals surface area contributed by atoms with E-state index < -0.39 is 62.4 Å². The fraction of sp³-hybridized carbons (Fsp3) is 0.562. The lowest BCUT2D eigenvalue weighted by Gasteiger charge is -2.22. The first-order valence-electron chi connectivity index (χ1n) is 22.1. The van der Waals surface area contributed by atoms with Crippen molar-refractivity contribution in [3.8, 4) is 0 Å². The van der Waals surface area contributed by atoms with E-state index >= 15 is 0 Å². The molecule has 14 heteroatoms. The molecule has 4 atom stereocenters. The van der Waals surface area contributed by atoms with Crippen LogP contribution in [0.1, 0.15) is 129 Å². The van der Waals surface area contributed by atoms with Crippen LogP contribution in [0, 0.1) is 0 Å². The first-order chi connectivity index (χ1) is 29.9. The number of thioether (sulfide) groups is 1. The Labute approximate surface area is 376 Å². The van der Waals surface area contributed by atoms with Gasteiger partial charge in [-0.25, -0.2) is 4.57 Å². The number of hydrogen-bond donors (Lipinski definition) is 5. The Morgan fingerprint density at radius 1 is 0.677 bits per heavy atom. The SMILES string of the molecule is CC/C=C\C/C=C\C/C=C\C/C=C\C/C=C\CCCCCC(=O)O[C@H](COC(=O)[C@@H](N)CS[C@H](/C=C/C=C/C=C\C/C=C\CCCCC)[C@@H](O)CCCC(=O)O)COP(=O)(O)O. The molecule has 0 spiro atoms. The number of aliphatic hydroxyl groups excluding tert-OH is 1. The van der Waals surface area contributed by atoms with Crippen molar-refractivity contribution in [1.82, 2.24) is 0 Å². The molecule has 0 fully saturated rings. The van der Waals surface area contributed by atoms with Crippen molar-refractivity contribution < 1.29 is 52.9 Å². The van der Waals surface area contributed by atoms with Gasteiger partial charge in [0.05, 0.1) is 12.7 Å². The van der Waals surface area contributed by atoms with Crippen molar-refractivity contribution in [2.24, 2.45) is 5.73 Å². The van der Waals surface area contributed by atoms with Crippen LogP contribution in [0.2, 0.25) is 0 Å². The van der Waals surface area contributed by atoms with Crippen molar-refractivity contribution in [2.45, 2.75) is 153 Å². The molecule has 0 amide bonds. The highest BCUT2D eigenvalue weighted by atomic mass is 32.2. The Bertz CT molecular complexity index is 1490. The maximum absolute atomic E-state index is 12.8. The summed E-state index contributed by atoms with van der Waals surface area (Å²) in [4.78, 5) is 54.8. The van der Waals surface area contributed by atoms with Gasteiger partial charge in [-0.3, -0.25) is 18.9 Å². The summed E-state index contributed by atoms with van der Waals surface area (Å²) >= 11 is 1.20. The van der Waals surface area contributed by atoms with Gasteiger partial charge < -0.3 is 35.2 Å². The number of esters is 2. The molecular formula is C48H76NO11PS. The molecule has 0 radical (unpaired) electrons. The molecule has 0 aliphatic heterocycles. The van der Waals surface area contributed by atoms with Gasteiger partial charge in [0.25, 0.3) is 0 Å². The van der Waals surface area contributed by atoms with E-state index in [1.165, 1.54) is 31.0 Å². The highest BCUT2D eigenvalue weighted by molar-refractivity contribution is 8.00. The molecule has 0 bridgehead atoms. The molecule has 0 aromatic heterocycles. The molecule has 0 heterocycles. The molecule has 0 unspecified atom stereocenters. The summed E-state index contributed by atoms with van der Waals surface area (Å²) in [5.41, 5.74) is 6.10. The molecule has 0 aliphatic rings. The van der Waals surface area contributed by atoms with Crippen LogP contribution in [0.15, 0.2) is 109 Å². The third kappa shape index (κ3) is 40.5. The van der Waals surface area contributed by atoms with E-state index in [0.717, 1.165) is 64.2 Å². The van der Waals surface area contributed by atoms with Gasteiger partial charge in [-0.05, 0) is 83.5 Å². The van der Waals surface area contributed by atoms with Crippen LogP contribution >= 0.6 is 19.6 Å². The lowest BCUT2D eigenvalue weighted by atomic mass is 10.1. The summed E-state index contributed by atoms with van der Waals surface area (Å²) in [7, 11) is -4.91. The van der Waals surface area contributed by atoms with Gasteiger partial charge >= 0.3 is 25.7 Å². The molecule has 6 N–H and O–H groups in total. The molecule has 0 saturated carbocycles. The van der Waals surface area contributed by atoms with Gasteiger partial charge in [-0.2, -0.15) is 0 Å². The zero-order chi connectivity index (χ0) is 45.9. The summed E-state index contributed by atoms with van der Waals surface area (Å²) in [6.45, 7) is 3.06. The molecule has 12 nitrogen and oxygen atoms in total. The molecule has 0 saturated heterocycles. The quantitative estimate of drug-likeness (QED) is 0.0128. The minimum absolute atomic E-state index is 0.0289. The van der Waals surface area contributed by atoms with Crippen LogP contribution < -0.4 is 5.73 Å². The number of aliphatic carboxylic acids is 1. The predicted octanol–water partition coefficient (Wildman–Crippen LogP) is 10.5. The number of carboxylic acid groups (broad SMARTS) is 1. The van der Waals surface area contributed by atoms with Crippen molar-refractivity contribution in [3.63, 3.8) is 0 Å². The number of allylic oxidation sites excluding steroid dienone is 17. The van der Waals surface area contributed by atoms with Crippen LogP contribution in [0.25, 0.3) is 0 Å². The molecular weight excluding hydrogens is 830 g/mol. The van der Waals surface area contributed by atoms with Crippen LogP contribution in [0.5, 0.6) is 0 Å². The van der Waals surface area contributed by atoms with Gasteiger partial charge in [-0.1, -0.05) is 142 Å². The van der Waals surface area contributed by atoms with E-state index in [2.05, 4.69) is 91.3 Å². The second kappa shape index (κ2) is 41.5. The third-order valence-electron chi connectivity index (χ3n) is 8.77. The van der Waals surface area contributed by atoms with Gasteiger partial charge in [0.2, 0.25) is 0 Å². The molecule has 0 aromatic rings. The normalized spacial score (nSPS) is 14.9. The van der Waals surface area contributed by atoms with E-state index in [4.69, 9.17) is 20.3 Å². The smallest absolute Gasteiger partial charge is 0.469 e. The maximum atomic E-state index is 12.8. The van der Waals surface area contributed by atoms with Crippen LogP contribution in [0.4, 0.5) is 0 Å². The minimum Gasteiger partial charge on any atom is -0.481 e. The van der Waals surface area contributed by atoms with E-state index in [1.807, 2.05) is 24.3 Å². The number of phosphoric ester groups is 1. The number of rotatable bonds is 39. The molecule has 0 aromatic carbocycles. The fourth-order valence-electron chi connectivity index (χ4n) is 5.37. The number of hydrogen-bond acceptors (Lipinski definition) is 10. The van der Waals surface area contributed by atoms with E-state index in [0.29, 0.717) is 6.42 Å². The Balaban J connectivity index is 4.85. The monoisotopic (exact) mass is 905 g/mol. The zero-order valence-electron chi connectivity index (χ0n) is 37.1. The fourth-order valence-corrected chi connectivity index (χ4v) is 6.85. The van der Waals surface area contributed by atoms with Crippen molar-refractivity contribution in [2.75, 3.05) is 19.0 Å². The van der Waals surface area contributed by atoms with Crippen LogP contribution in [-0.2, 0) is 32.9 Å². The topological polar surface area (TPSA) is 203 Å². The first-order valence-corrected chi connectivity index (χ1v) is 24.7. The standard InChI is InChI=1S/C48H76NO11PS/c1-3-5-7-9-11-13-15-17-18-19-20-21-22-23-25-27-29-31-33-38-47(53)60-42(40-59-61(55,56)57)39-58-48(54)43(49)41-62-45(44(50)35-34-37-46(51)52)36-32-30-28-26-24-16-14-12-10-8-6-4-2/h5,7,11-14,17-18,20-21,23-26,28,30,32,36,42-45,50H,3-4,6,8-10,15-16,19,22,27,29,31,33-35,37-41,49H2,1-2H3,(H,51,52)(H2,55,56,57)/b7-5-,13-11-,14-12-,18-17-,21-20-,25-23-,26-24-,30-28+,36-32+/t42-,43+,44+,45-/m1/s1. The highest BCUT2D eigenvalue weighted by Crippen LogP contribution is 2.36. The van der Waals surface area contributed by atoms with Crippen molar-refractivity contribution in [1.29, 1.82) is 0 Å². The summed E-state index contributed by atoms with van der Waals surface area (Å²) in [6.07, 6.45) is 48.5. The Hall–Kier alpha value is -3.55. The summed E-state index contributed by atoms with van der Waals surface area (Å²) < 4.78 is 26.5. The van der Waals surface area contributed by atoms with Crippen molar-refractivity contribution in [3.05, 3.63) is 109 Å². The lowest BCUT2D eigenvalue weighted by Crippen LogP contribution is -2.38. The van der Waals surface area contributed by atoms with Crippen LogP contribution in [-0.4, -0.2) is 80.4 Å². The van der Waals surface area contributed by atoms with Gasteiger partial charge in [0, 0.05) is 23.8 Å². The number of nitrogens with two attached hydrogens (primary N) is 1. The Morgan fingerprint density at radius 2 is 1.24 bits per heavy atom. The lowest BCUT2D eigenvalue weighted by molar-refractivity contribution is -0.161.